The summed E-state index contributed by atoms with van der Waals surface area (Å²) in [6.07, 6.45) is 3.60. The van der Waals surface area contributed by atoms with Crippen LogP contribution in [0.4, 0.5) is 5.69 Å². The Morgan fingerprint density at radius 3 is 2.67 bits per heavy atom. The van der Waals surface area contributed by atoms with Crippen LogP contribution in [0, 0.1) is 23.7 Å². The number of rotatable bonds is 8. The molecule has 3 aliphatic rings. The van der Waals surface area contributed by atoms with Crippen molar-refractivity contribution in [1.29, 1.82) is 0 Å². The number of carbonyl (C=O) groups is 2. The number of carbonyl (C=O) groups excluding carboxylic acids is 2. The quantitative estimate of drug-likeness (QED) is 0.542. The molecule has 2 amide bonds. The van der Waals surface area contributed by atoms with Crippen LogP contribution in [0.3, 0.4) is 0 Å². The lowest BCUT2D eigenvalue weighted by molar-refractivity contribution is -0.136. The third kappa shape index (κ3) is 4.17. The van der Waals surface area contributed by atoms with E-state index in [2.05, 4.69) is 10.6 Å². The van der Waals surface area contributed by atoms with Gasteiger partial charge in [0.25, 0.3) is 0 Å². The SMILES string of the molecule is CCOCCOCc1cccc(NC(=O)C(=O)NC2CC3CC2C2CC32)c1. The zero-order valence-electron chi connectivity index (χ0n) is 15.8. The number of fused-ring (bicyclic) bond motifs is 5. The first kappa shape index (κ1) is 18.4. The molecule has 1 aromatic carbocycles. The molecule has 0 heterocycles. The molecule has 6 nitrogen and oxygen atoms in total. The summed E-state index contributed by atoms with van der Waals surface area (Å²) in [7, 11) is 0. The van der Waals surface area contributed by atoms with Crippen molar-refractivity contribution < 1.29 is 19.1 Å². The Labute approximate surface area is 160 Å². The highest BCUT2D eigenvalue weighted by atomic mass is 16.5. The minimum absolute atomic E-state index is 0.182. The summed E-state index contributed by atoms with van der Waals surface area (Å²) >= 11 is 0. The third-order valence-corrected chi connectivity index (χ3v) is 6.25. The van der Waals surface area contributed by atoms with Gasteiger partial charge in [0.2, 0.25) is 0 Å². The number of hydrogen-bond donors (Lipinski definition) is 2. The van der Waals surface area contributed by atoms with E-state index < -0.39 is 11.8 Å². The molecule has 2 N–H and O–H groups in total. The highest BCUT2D eigenvalue weighted by molar-refractivity contribution is 6.39. The predicted molar refractivity (Wildman–Crippen MR) is 101 cm³/mol. The summed E-state index contributed by atoms with van der Waals surface area (Å²) in [4.78, 5) is 24.6. The minimum atomic E-state index is -0.598. The first-order valence-corrected chi connectivity index (χ1v) is 10.0. The number of nitrogens with one attached hydrogen (secondary N) is 2. The van der Waals surface area contributed by atoms with Gasteiger partial charge in [0.15, 0.2) is 0 Å². The molecule has 4 rings (SSSR count). The molecule has 27 heavy (non-hydrogen) atoms. The maximum atomic E-state index is 12.3. The highest BCUT2D eigenvalue weighted by Crippen LogP contribution is 2.65. The van der Waals surface area contributed by atoms with Crippen molar-refractivity contribution in [3.05, 3.63) is 29.8 Å². The van der Waals surface area contributed by atoms with E-state index in [0.29, 0.717) is 38.0 Å². The van der Waals surface area contributed by atoms with E-state index in [-0.39, 0.29) is 6.04 Å². The van der Waals surface area contributed by atoms with Crippen LogP contribution in [-0.4, -0.2) is 37.7 Å². The van der Waals surface area contributed by atoms with Crippen molar-refractivity contribution >= 4 is 17.5 Å². The third-order valence-electron chi connectivity index (χ3n) is 6.25. The minimum Gasteiger partial charge on any atom is -0.379 e. The number of hydrogen-bond acceptors (Lipinski definition) is 4. The first-order chi connectivity index (χ1) is 13.2. The van der Waals surface area contributed by atoms with Crippen LogP contribution in [-0.2, 0) is 25.7 Å². The average Bonchev–Trinajstić information content (AvgIpc) is 3.27. The van der Waals surface area contributed by atoms with Gasteiger partial charge in [0, 0.05) is 18.3 Å². The Morgan fingerprint density at radius 1 is 1.04 bits per heavy atom. The lowest BCUT2D eigenvalue weighted by atomic mass is 9.95. The van der Waals surface area contributed by atoms with Crippen molar-refractivity contribution in [3.63, 3.8) is 0 Å². The molecule has 6 heteroatoms. The van der Waals surface area contributed by atoms with Crippen molar-refractivity contribution in [2.24, 2.45) is 23.7 Å². The van der Waals surface area contributed by atoms with Crippen molar-refractivity contribution in [2.75, 3.05) is 25.1 Å². The van der Waals surface area contributed by atoms with Crippen LogP contribution in [0.5, 0.6) is 0 Å². The van der Waals surface area contributed by atoms with Gasteiger partial charge < -0.3 is 20.1 Å². The number of benzene rings is 1. The van der Waals surface area contributed by atoms with Gasteiger partial charge in [-0.3, -0.25) is 9.59 Å². The van der Waals surface area contributed by atoms with E-state index in [0.717, 1.165) is 29.7 Å². The van der Waals surface area contributed by atoms with E-state index in [4.69, 9.17) is 9.47 Å². The van der Waals surface area contributed by atoms with Crippen LogP contribution in [0.2, 0.25) is 0 Å². The second-order valence-corrected chi connectivity index (χ2v) is 7.94. The van der Waals surface area contributed by atoms with Gasteiger partial charge in [-0.2, -0.15) is 0 Å². The zero-order valence-corrected chi connectivity index (χ0v) is 15.8. The van der Waals surface area contributed by atoms with Crippen LogP contribution >= 0.6 is 0 Å². The standard InChI is InChI=1S/C21H28N2O4/c1-2-26-6-7-27-12-13-4-3-5-15(8-13)22-20(24)21(25)23-19-10-14-9-18(19)17-11-16(14)17/h3-5,8,14,16-19H,2,6-7,9-12H2,1H3,(H,22,24)(H,23,25). The molecule has 0 aromatic heterocycles. The molecule has 3 fully saturated rings. The Hall–Kier alpha value is -1.92. The number of anilines is 1. The van der Waals surface area contributed by atoms with Crippen LogP contribution in [0.15, 0.2) is 24.3 Å². The van der Waals surface area contributed by atoms with Crippen LogP contribution in [0.1, 0.15) is 31.7 Å². The Balaban J connectivity index is 1.24. The Bertz CT molecular complexity index is 707. The van der Waals surface area contributed by atoms with Crippen molar-refractivity contribution in [2.45, 2.75) is 38.8 Å². The molecule has 3 aliphatic carbocycles. The second-order valence-electron chi connectivity index (χ2n) is 7.94. The molecule has 5 atom stereocenters. The highest BCUT2D eigenvalue weighted by Gasteiger charge is 2.61. The van der Waals surface area contributed by atoms with E-state index in [9.17, 15) is 9.59 Å². The Morgan fingerprint density at radius 2 is 1.89 bits per heavy atom. The van der Waals surface area contributed by atoms with Gasteiger partial charge in [-0.1, -0.05) is 12.1 Å². The summed E-state index contributed by atoms with van der Waals surface area (Å²) in [6.45, 7) is 4.16. The largest absolute Gasteiger partial charge is 0.379 e. The van der Waals surface area contributed by atoms with Crippen LogP contribution < -0.4 is 10.6 Å². The average molecular weight is 372 g/mol. The van der Waals surface area contributed by atoms with Gasteiger partial charge in [0.1, 0.15) is 0 Å². The molecule has 2 bridgehead atoms. The fraction of sp³-hybridized carbons (Fsp3) is 0.619. The first-order valence-electron chi connectivity index (χ1n) is 10.0. The Kier molecular flexibility index (Phi) is 5.45. The van der Waals surface area contributed by atoms with Gasteiger partial charge in [-0.25, -0.2) is 0 Å². The maximum absolute atomic E-state index is 12.3. The molecule has 146 valence electrons. The van der Waals surface area contributed by atoms with Crippen LogP contribution in [0.25, 0.3) is 0 Å². The summed E-state index contributed by atoms with van der Waals surface area (Å²) in [6, 6.07) is 7.57. The van der Waals surface area contributed by atoms with Gasteiger partial charge in [0.05, 0.1) is 19.8 Å². The molecule has 1 aromatic rings. The topological polar surface area (TPSA) is 76.7 Å². The summed E-state index contributed by atoms with van der Waals surface area (Å²) in [5.74, 6) is 1.95. The second kappa shape index (κ2) is 7.98. The van der Waals surface area contributed by atoms with E-state index in [1.807, 2.05) is 25.1 Å². The molecular formula is C21H28N2O4. The summed E-state index contributed by atoms with van der Waals surface area (Å²) < 4.78 is 10.8. The monoisotopic (exact) mass is 372 g/mol. The van der Waals surface area contributed by atoms with Gasteiger partial charge in [-0.05, 0) is 67.6 Å². The van der Waals surface area contributed by atoms with E-state index in [1.165, 1.54) is 12.8 Å². The lowest BCUT2D eigenvalue weighted by Crippen LogP contribution is -2.44. The predicted octanol–water partition coefficient (Wildman–Crippen LogP) is 2.34. The molecule has 0 aliphatic heterocycles. The molecule has 5 unspecified atom stereocenters. The van der Waals surface area contributed by atoms with E-state index >= 15 is 0 Å². The maximum Gasteiger partial charge on any atom is 0.313 e. The smallest absolute Gasteiger partial charge is 0.313 e. The van der Waals surface area contributed by atoms with Crippen molar-refractivity contribution in [1.82, 2.24) is 5.32 Å². The summed E-state index contributed by atoms with van der Waals surface area (Å²) in [5, 5.41) is 5.67. The zero-order chi connectivity index (χ0) is 18.8. The van der Waals surface area contributed by atoms with Crippen molar-refractivity contribution in [3.8, 4) is 0 Å². The van der Waals surface area contributed by atoms with E-state index in [1.54, 1.807) is 6.07 Å². The molecule has 3 saturated carbocycles. The van der Waals surface area contributed by atoms with Gasteiger partial charge in [-0.15, -0.1) is 0 Å². The summed E-state index contributed by atoms with van der Waals surface area (Å²) in [5.41, 5.74) is 1.55. The molecular weight excluding hydrogens is 344 g/mol. The van der Waals surface area contributed by atoms with Gasteiger partial charge >= 0.3 is 11.8 Å². The molecule has 0 radical (unpaired) electrons. The lowest BCUT2D eigenvalue weighted by Gasteiger charge is -2.22. The fourth-order valence-corrected chi connectivity index (χ4v) is 4.98. The molecule has 0 saturated heterocycles. The number of ether oxygens (including phenoxy) is 2. The number of amides is 2. The molecule has 0 spiro atoms. The normalized spacial score (nSPS) is 30.0. The fourth-order valence-electron chi connectivity index (χ4n) is 4.98.